The number of benzene rings is 1. The number of nitro benzene ring substituents is 1. The maximum absolute atomic E-state index is 10.8. The fourth-order valence-electron chi connectivity index (χ4n) is 2.40. The molecule has 0 aromatic heterocycles. The predicted molar refractivity (Wildman–Crippen MR) is 67.6 cm³/mol. The van der Waals surface area contributed by atoms with E-state index < -0.39 is 4.92 Å². The third kappa shape index (κ3) is 3.43. The molecule has 0 unspecified atom stereocenters. The van der Waals surface area contributed by atoms with Crippen LogP contribution < -0.4 is 10.1 Å². The molecule has 5 nitrogen and oxygen atoms in total. The van der Waals surface area contributed by atoms with Crippen LogP contribution in [0.25, 0.3) is 0 Å². The van der Waals surface area contributed by atoms with Gasteiger partial charge in [-0.05, 0) is 31.7 Å². The predicted octanol–water partition coefficient (Wildman–Crippen LogP) is 1.48. The minimum Gasteiger partial charge on any atom is -0.481 e. The molecule has 1 fully saturated rings. The highest BCUT2D eigenvalue weighted by Crippen LogP contribution is 2.25. The summed E-state index contributed by atoms with van der Waals surface area (Å²) in [6.07, 6.45) is 5.22. The standard InChI is InChI=1S/C13H18N2O3/c16-15(17)12-7-3-4-8-13(12)18-10-9-14-11-5-1-2-6-11/h3-4,7-8,11,14H,1-2,5-6,9-10H2/p+1. The molecule has 2 rings (SSSR count). The van der Waals surface area contributed by atoms with Crippen LogP contribution in [-0.2, 0) is 0 Å². The van der Waals surface area contributed by atoms with Crippen molar-refractivity contribution in [2.24, 2.45) is 0 Å². The zero-order chi connectivity index (χ0) is 12.8. The normalized spacial score (nSPS) is 15.8. The van der Waals surface area contributed by atoms with Gasteiger partial charge in [0.25, 0.3) is 0 Å². The van der Waals surface area contributed by atoms with Gasteiger partial charge in [0.2, 0.25) is 0 Å². The molecule has 1 aromatic carbocycles. The Morgan fingerprint density at radius 2 is 2.06 bits per heavy atom. The lowest BCUT2D eigenvalue weighted by Gasteiger charge is -2.09. The summed E-state index contributed by atoms with van der Waals surface area (Å²) in [5.74, 6) is 0.363. The fourth-order valence-corrected chi connectivity index (χ4v) is 2.40. The monoisotopic (exact) mass is 251 g/mol. The molecule has 0 radical (unpaired) electrons. The number of nitrogens with zero attached hydrogens (tertiary/aromatic N) is 1. The SMILES string of the molecule is O=[N+]([O-])c1ccccc1OCC[NH2+]C1CCCC1. The Kier molecular flexibility index (Phi) is 4.52. The van der Waals surface area contributed by atoms with Gasteiger partial charge in [-0.15, -0.1) is 0 Å². The first-order chi connectivity index (χ1) is 8.77. The van der Waals surface area contributed by atoms with Crippen LogP contribution >= 0.6 is 0 Å². The van der Waals surface area contributed by atoms with Gasteiger partial charge in [0.15, 0.2) is 5.75 Å². The molecule has 0 amide bonds. The lowest BCUT2D eigenvalue weighted by atomic mass is 10.2. The summed E-state index contributed by atoms with van der Waals surface area (Å²) < 4.78 is 5.49. The van der Waals surface area contributed by atoms with E-state index in [4.69, 9.17) is 4.74 Å². The molecule has 5 heteroatoms. The largest absolute Gasteiger partial charge is 0.481 e. The van der Waals surface area contributed by atoms with Crippen molar-refractivity contribution in [3.05, 3.63) is 34.4 Å². The maximum atomic E-state index is 10.8. The number of rotatable bonds is 6. The molecule has 0 saturated heterocycles. The molecule has 1 aromatic rings. The van der Waals surface area contributed by atoms with E-state index >= 15 is 0 Å². The first-order valence-electron chi connectivity index (χ1n) is 6.47. The number of hydrogen-bond donors (Lipinski definition) is 1. The van der Waals surface area contributed by atoms with Crippen LogP contribution in [0.3, 0.4) is 0 Å². The van der Waals surface area contributed by atoms with Crippen molar-refractivity contribution in [3.63, 3.8) is 0 Å². The van der Waals surface area contributed by atoms with Gasteiger partial charge in [-0.1, -0.05) is 12.1 Å². The Hall–Kier alpha value is -1.62. The minimum absolute atomic E-state index is 0.0402. The van der Waals surface area contributed by atoms with E-state index in [9.17, 15) is 10.1 Å². The fraction of sp³-hybridized carbons (Fsp3) is 0.538. The van der Waals surface area contributed by atoms with E-state index in [2.05, 4.69) is 5.32 Å². The molecule has 0 spiro atoms. The van der Waals surface area contributed by atoms with Crippen LogP contribution in [0, 0.1) is 10.1 Å². The Balaban J connectivity index is 1.77. The molecule has 1 aliphatic rings. The summed E-state index contributed by atoms with van der Waals surface area (Å²) in [6.45, 7) is 1.37. The molecule has 0 heterocycles. The summed E-state index contributed by atoms with van der Waals surface area (Å²) in [4.78, 5) is 10.4. The topological polar surface area (TPSA) is 69.0 Å². The van der Waals surface area contributed by atoms with E-state index in [0.29, 0.717) is 12.4 Å². The van der Waals surface area contributed by atoms with E-state index in [1.54, 1.807) is 18.2 Å². The average Bonchev–Trinajstić information content (AvgIpc) is 2.88. The summed E-state index contributed by atoms with van der Waals surface area (Å²) in [5, 5.41) is 13.1. The van der Waals surface area contributed by atoms with Crippen molar-refractivity contribution in [1.29, 1.82) is 0 Å². The summed E-state index contributed by atoms with van der Waals surface area (Å²) in [6, 6.07) is 7.24. The average molecular weight is 251 g/mol. The van der Waals surface area contributed by atoms with E-state index in [0.717, 1.165) is 12.6 Å². The van der Waals surface area contributed by atoms with Gasteiger partial charge >= 0.3 is 5.69 Å². The number of nitrogens with two attached hydrogens (primary N) is 1. The zero-order valence-corrected chi connectivity index (χ0v) is 10.4. The number of quaternary nitrogens is 1. The third-order valence-electron chi connectivity index (χ3n) is 3.34. The lowest BCUT2D eigenvalue weighted by molar-refractivity contribution is -0.688. The molecule has 0 aliphatic heterocycles. The molecule has 18 heavy (non-hydrogen) atoms. The van der Waals surface area contributed by atoms with Crippen LogP contribution in [-0.4, -0.2) is 24.1 Å². The van der Waals surface area contributed by atoms with E-state index in [1.807, 2.05) is 0 Å². The summed E-state index contributed by atoms with van der Waals surface area (Å²) in [5.41, 5.74) is 0.0402. The molecule has 98 valence electrons. The number of nitro groups is 1. The van der Waals surface area contributed by atoms with Crippen molar-refractivity contribution in [3.8, 4) is 5.75 Å². The van der Waals surface area contributed by atoms with Gasteiger partial charge in [-0.25, -0.2) is 0 Å². The van der Waals surface area contributed by atoms with E-state index in [1.165, 1.54) is 31.7 Å². The molecule has 1 aliphatic carbocycles. The van der Waals surface area contributed by atoms with Gasteiger partial charge in [0.1, 0.15) is 13.2 Å². The van der Waals surface area contributed by atoms with Crippen LogP contribution in [0.5, 0.6) is 5.75 Å². The quantitative estimate of drug-likeness (QED) is 0.473. The van der Waals surface area contributed by atoms with Crippen molar-refractivity contribution in [2.75, 3.05) is 13.2 Å². The Labute approximate surface area is 106 Å². The van der Waals surface area contributed by atoms with Crippen molar-refractivity contribution in [1.82, 2.24) is 0 Å². The Morgan fingerprint density at radius 3 is 2.78 bits per heavy atom. The summed E-state index contributed by atoms with van der Waals surface area (Å²) >= 11 is 0. The second-order valence-electron chi connectivity index (χ2n) is 4.64. The van der Waals surface area contributed by atoms with Crippen molar-refractivity contribution >= 4 is 5.69 Å². The minimum atomic E-state index is -0.407. The Bertz CT molecular complexity index is 403. The number of hydrogen-bond acceptors (Lipinski definition) is 3. The first kappa shape index (κ1) is 12.8. The third-order valence-corrected chi connectivity index (χ3v) is 3.34. The highest BCUT2D eigenvalue weighted by molar-refractivity contribution is 5.45. The van der Waals surface area contributed by atoms with E-state index in [-0.39, 0.29) is 5.69 Å². The number of para-hydroxylation sites is 2. The molecule has 2 N–H and O–H groups in total. The lowest BCUT2D eigenvalue weighted by Crippen LogP contribution is -2.90. The van der Waals surface area contributed by atoms with Crippen LogP contribution in [0.2, 0.25) is 0 Å². The second-order valence-corrected chi connectivity index (χ2v) is 4.64. The van der Waals surface area contributed by atoms with Crippen LogP contribution in [0.4, 0.5) is 5.69 Å². The van der Waals surface area contributed by atoms with Crippen molar-refractivity contribution in [2.45, 2.75) is 31.7 Å². The molecular weight excluding hydrogens is 232 g/mol. The molecule has 0 atom stereocenters. The molecular formula is C13H19N2O3+. The Morgan fingerprint density at radius 1 is 1.33 bits per heavy atom. The van der Waals surface area contributed by atoms with Gasteiger partial charge in [0.05, 0.1) is 11.0 Å². The molecule has 0 bridgehead atoms. The second kappa shape index (κ2) is 6.35. The first-order valence-corrected chi connectivity index (χ1v) is 6.47. The number of ether oxygens (including phenoxy) is 1. The zero-order valence-electron chi connectivity index (χ0n) is 10.4. The van der Waals surface area contributed by atoms with Gasteiger partial charge in [0, 0.05) is 6.07 Å². The highest BCUT2D eigenvalue weighted by Gasteiger charge is 2.18. The molecule has 1 saturated carbocycles. The van der Waals surface area contributed by atoms with Gasteiger partial charge in [-0.3, -0.25) is 10.1 Å². The van der Waals surface area contributed by atoms with Crippen molar-refractivity contribution < 1.29 is 15.0 Å². The van der Waals surface area contributed by atoms with Crippen LogP contribution in [0.1, 0.15) is 25.7 Å². The highest BCUT2D eigenvalue weighted by atomic mass is 16.6. The van der Waals surface area contributed by atoms with Gasteiger partial charge in [-0.2, -0.15) is 0 Å². The smallest absolute Gasteiger partial charge is 0.310 e. The van der Waals surface area contributed by atoms with Crippen LogP contribution in [0.15, 0.2) is 24.3 Å². The maximum Gasteiger partial charge on any atom is 0.310 e. The van der Waals surface area contributed by atoms with Gasteiger partial charge < -0.3 is 10.1 Å². The summed E-state index contributed by atoms with van der Waals surface area (Å²) in [7, 11) is 0.